The number of carbonyl (C=O) groups is 1. The van der Waals surface area contributed by atoms with Crippen molar-refractivity contribution in [2.45, 2.75) is 23.6 Å². The second kappa shape index (κ2) is 7.79. The van der Waals surface area contributed by atoms with Crippen LogP contribution >= 0.6 is 23.3 Å². The van der Waals surface area contributed by atoms with Gasteiger partial charge in [-0.2, -0.15) is 4.37 Å². The van der Waals surface area contributed by atoms with Gasteiger partial charge in [0.15, 0.2) is 10.2 Å². The number of thioether (sulfide) groups is 1. The fourth-order valence-corrected chi connectivity index (χ4v) is 4.00. The molecule has 0 radical (unpaired) electrons. The third kappa shape index (κ3) is 4.23. The number of nitrogens with zero attached hydrogens (tertiary/aromatic N) is 3. The summed E-state index contributed by atoms with van der Waals surface area (Å²) in [6, 6.07) is 7.66. The molecule has 0 aliphatic carbocycles. The summed E-state index contributed by atoms with van der Waals surface area (Å²) in [6.45, 7) is 1.79. The first kappa shape index (κ1) is 16.3. The molecule has 0 atom stereocenters. The average molecular weight is 349 g/mol. The van der Waals surface area contributed by atoms with Crippen LogP contribution in [0.5, 0.6) is 5.75 Å². The van der Waals surface area contributed by atoms with Crippen molar-refractivity contribution >= 4 is 29.2 Å². The van der Waals surface area contributed by atoms with E-state index in [2.05, 4.69) is 9.36 Å². The van der Waals surface area contributed by atoms with E-state index >= 15 is 0 Å². The summed E-state index contributed by atoms with van der Waals surface area (Å²) < 4.78 is 10.4. The smallest absolute Gasteiger partial charge is 0.233 e. The number of methoxy groups -OCH3 is 1. The van der Waals surface area contributed by atoms with Crippen LogP contribution in [0.2, 0.25) is 0 Å². The molecule has 1 aromatic heterocycles. The first-order valence-electron chi connectivity index (χ1n) is 7.65. The summed E-state index contributed by atoms with van der Waals surface area (Å²) in [5, 5.41) is 0. The molecule has 0 saturated carbocycles. The van der Waals surface area contributed by atoms with Crippen LogP contribution in [0.4, 0.5) is 0 Å². The summed E-state index contributed by atoms with van der Waals surface area (Å²) >= 11 is 2.82. The van der Waals surface area contributed by atoms with Gasteiger partial charge in [-0.3, -0.25) is 4.79 Å². The van der Waals surface area contributed by atoms with Gasteiger partial charge in [-0.1, -0.05) is 11.8 Å². The highest BCUT2D eigenvalue weighted by Crippen LogP contribution is 2.26. The maximum Gasteiger partial charge on any atom is 0.233 e. The number of likely N-dealkylation sites (tertiary alicyclic amines) is 1. The average Bonchev–Trinajstić information content (AvgIpc) is 3.09. The largest absolute Gasteiger partial charge is 0.497 e. The Morgan fingerprint density at radius 3 is 2.70 bits per heavy atom. The monoisotopic (exact) mass is 349 g/mol. The Morgan fingerprint density at radius 2 is 2.00 bits per heavy atom. The van der Waals surface area contributed by atoms with Crippen LogP contribution < -0.4 is 4.74 Å². The zero-order valence-electron chi connectivity index (χ0n) is 13.0. The second-order valence-corrected chi connectivity index (χ2v) is 7.32. The molecule has 1 amide bonds. The van der Waals surface area contributed by atoms with E-state index in [4.69, 9.17) is 4.74 Å². The van der Waals surface area contributed by atoms with Gasteiger partial charge in [0.1, 0.15) is 5.75 Å². The lowest BCUT2D eigenvalue weighted by Gasteiger charge is -2.26. The minimum Gasteiger partial charge on any atom is -0.497 e. The molecule has 0 N–H and O–H groups in total. The maximum absolute atomic E-state index is 12.2. The first-order valence-corrected chi connectivity index (χ1v) is 9.41. The predicted molar refractivity (Wildman–Crippen MR) is 93.1 cm³/mol. The molecular formula is C16H19N3O2S2. The molecule has 122 valence electrons. The molecule has 1 aromatic carbocycles. The lowest BCUT2D eigenvalue weighted by atomic mass is 10.1. The van der Waals surface area contributed by atoms with Crippen LogP contribution in [-0.4, -0.2) is 46.1 Å². The minimum absolute atomic E-state index is 0.205. The highest BCUT2D eigenvalue weighted by atomic mass is 32.2. The molecule has 0 unspecified atom stereocenters. The van der Waals surface area contributed by atoms with E-state index < -0.39 is 0 Å². The molecule has 2 aromatic rings. The van der Waals surface area contributed by atoms with E-state index in [0.29, 0.717) is 11.6 Å². The van der Waals surface area contributed by atoms with E-state index in [9.17, 15) is 4.79 Å². The molecule has 23 heavy (non-hydrogen) atoms. The van der Waals surface area contributed by atoms with E-state index in [0.717, 1.165) is 41.6 Å². The number of aromatic nitrogens is 2. The van der Waals surface area contributed by atoms with Crippen molar-refractivity contribution in [3.63, 3.8) is 0 Å². The van der Waals surface area contributed by atoms with Crippen LogP contribution in [0.25, 0.3) is 11.4 Å². The highest BCUT2D eigenvalue weighted by molar-refractivity contribution is 8.01. The van der Waals surface area contributed by atoms with Gasteiger partial charge in [0.2, 0.25) is 5.91 Å². The summed E-state index contributed by atoms with van der Waals surface area (Å²) in [5.41, 5.74) is 0.955. The van der Waals surface area contributed by atoms with Crippen molar-refractivity contribution in [3.05, 3.63) is 24.3 Å². The van der Waals surface area contributed by atoms with Gasteiger partial charge in [-0.15, -0.1) is 0 Å². The van der Waals surface area contributed by atoms with Crippen molar-refractivity contribution in [2.24, 2.45) is 0 Å². The van der Waals surface area contributed by atoms with E-state index in [1.807, 2.05) is 29.2 Å². The summed E-state index contributed by atoms with van der Waals surface area (Å²) in [6.07, 6.45) is 3.48. The lowest BCUT2D eigenvalue weighted by Crippen LogP contribution is -2.36. The molecule has 1 aliphatic heterocycles. The Labute approximate surface area is 144 Å². The van der Waals surface area contributed by atoms with E-state index in [1.165, 1.54) is 29.7 Å². The van der Waals surface area contributed by atoms with E-state index in [-0.39, 0.29) is 5.91 Å². The van der Waals surface area contributed by atoms with Gasteiger partial charge in [-0.25, -0.2) is 4.98 Å². The summed E-state index contributed by atoms with van der Waals surface area (Å²) in [7, 11) is 1.64. The number of ether oxygens (including phenoxy) is 1. The molecule has 1 saturated heterocycles. The van der Waals surface area contributed by atoms with Gasteiger partial charge in [0.05, 0.1) is 12.9 Å². The van der Waals surface area contributed by atoms with Crippen molar-refractivity contribution in [1.82, 2.24) is 14.3 Å². The standard InChI is InChI=1S/C16H19N3O2S2/c1-21-13-7-5-12(6-8-13)15-17-16(23-18-15)22-11-14(20)19-9-3-2-4-10-19/h5-8H,2-4,9-11H2,1H3. The molecular weight excluding hydrogens is 330 g/mol. The number of amides is 1. The Kier molecular flexibility index (Phi) is 5.51. The number of rotatable bonds is 5. The molecule has 1 fully saturated rings. The predicted octanol–water partition coefficient (Wildman–Crippen LogP) is 3.32. The third-order valence-electron chi connectivity index (χ3n) is 3.78. The molecule has 5 nitrogen and oxygen atoms in total. The highest BCUT2D eigenvalue weighted by Gasteiger charge is 2.17. The van der Waals surface area contributed by atoms with Crippen LogP contribution in [0, 0.1) is 0 Å². The van der Waals surface area contributed by atoms with Crippen molar-refractivity contribution in [1.29, 1.82) is 0 Å². The van der Waals surface area contributed by atoms with Crippen LogP contribution in [0.15, 0.2) is 28.6 Å². The molecule has 0 spiro atoms. The van der Waals surface area contributed by atoms with Gasteiger partial charge in [0.25, 0.3) is 0 Å². The molecule has 0 bridgehead atoms. The molecule has 7 heteroatoms. The Morgan fingerprint density at radius 1 is 1.26 bits per heavy atom. The van der Waals surface area contributed by atoms with Gasteiger partial charge in [-0.05, 0) is 55.1 Å². The molecule has 3 rings (SSSR count). The van der Waals surface area contributed by atoms with Crippen LogP contribution in [0.3, 0.4) is 0 Å². The van der Waals surface area contributed by atoms with Gasteiger partial charge >= 0.3 is 0 Å². The maximum atomic E-state index is 12.2. The lowest BCUT2D eigenvalue weighted by molar-refractivity contribution is -0.129. The first-order chi connectivity index (χ1) is 11.3. The fraction of sp³-hybridized carbons (Fsp3) is 0.438. The third-order valence-corrected chi connectivity index (χ3v) is 5.60. The Hall–Kier alpha value is -1.60. The number of carbonyl (C=O) groups excluding carboxylic acids is 1. The molecule has 1 aliphatic rings. The SMILES string of the molecule is COc1ccc(-c2nsc(SCC(=O)N3CCCCC3)n2)cc1. The van der Waals surface area contributed by atoms with Crippen LogP contribution in [0.1, 0.15) is 19.3 Å². The molecule has 2 heterocycles. The summed E-state index contributed by atoms with van der Waals surface area (Å²) in [5.74, 6) is 2.16. The number of hydrogen-bond acceptors (Lipinski definition) is 6. The summed E-state index contributed by atoms with van der Waals surface area (Å²) in [4.78, 5) is 18.6. The van der Waals surface area contributed by atoms with Crippen molar-refractivity contribution in [3.8, 4) is 17.1 Å². The minimum atomic E-state index is 0.205. The van der Waals surface area contributed by atoms with Crippen molar-refractivity contribution < 1.29 is 9.53 Å². The second-order valence-electron chi connectivity index (χ2n) is 5.34. The topological polar surface area (TPSA) is 55.3 Å². The Bertz CT molecular complexity index is 652. The number of piperidine rings is 1. The fourth-order valence-electron chi connectivity index (χ4n) is 2.48. The Balaban J connectivity index is 1.57. The van der Waals surface area contributed by atoms with Crippen molar-refractivity contribution in [2.75, 3.05) is 26.0 Å². The normalized spacial score (nSPS) is 14.7. The number of benzene rings is 1. The number of hydrogen-bond donors (Lipinski definition) is 0. The zero-order valence-corrected chi connectivity index (χ0v) is 14.7. The quantitative estimate of drug-likeness (QED) is 0.775. The van der Waals surface area contributed by atoms with E-state index in [1.54, 1.807) is 7.11 Å². The van der Waals surface area contributed by atoms with Gasteiger partial charge in [0, 0.05) is 18.7 Å². The van der Waals surface area contributed by atoms with Gasteiger partial charge < -0.3 is 9.64 Å². The zero-order chi connectivity index (χ0) is 16.1. The van der Waals surface area contributed by atoms with Crippen LogP contribution in [-0.2, 0) is 4.79 Å².